The molecule has 0 saturated heterocycles. The first-order valence-electron chi connectivity index (χ1n) is 9.35. The highest BCUT2D eigenvalue weighted by molar-refractivity contribution is 5.79. The molecular weight excluding hydrogens is 342 g/mol. The Morgan fingerprint density at radius 2 is 1.63 bits per heavy atom. The van der Waals surface area contributed by atoms with Gasteiger partial charge in [-0.3, -0.25) is 9.59 Å². The van der Waals surface area contributed by atoms with Crippen molar-refractivity contribution >= 4 is 11.9 Å². The van der Waals surface area contributed by atoms with E-state index in [2.05, 4.69) is 29.6 Å². The molecule has 0 bridgehead atoms. The fourth-order valence-corrected chi connectivity index (χ4v) is 3.70. The Balaban J connectivity index is 1.52. The monoisotopic (exact) mass is 367 g/mol. The van der Waals surface area contributed by atoms with Crippen molar-refractivity contribution in [3.8, 4) is 11.1 Å². The van der Waals surface area contributed by atoms with E-state index in [0.29, 0.717) is 32.3 Å². The zero-order valence-corrected chi connectivity index (χ0v) is 15.5. The van der Waals surface area contributed by atoms with Gasteiger partial charge in [0.2, 0.25) is 0 Å². The van der Waals surface area contributed by atoms with E-state index in [9.17, 15) is 9.59 Å². The van der Waals surface area contributed by atoms with Crippen LogP contribution in [0.3, 0.4) is 0 Å². The molecule has 27 heavy (non-hydrogen) atoms. The SMILES string of the molecule is CNC(CCCCC(=O)OCC1c2ccccc2-c2ccccc21)C(=O)O. The van der Waals surface area contributed by atoms with Gasteiger partial charge in [-0.05, 0) is 42.1 Å². The van der Waals surface area contributed by atoms with Crippen LogP contribution in [0.15, 0.2) is 48.5 Å². The minimum atomic E-state index is -0.862. The zero-order valence-electron chi connectivity index (χ0n) is 15.5. The van der Waals surface area contributed by atoms with Crippen molar-refractivity contribution in [2.24, 2.45) is 0 Å². The summed E-state index contributed by atoms with van der Waals surface area (Å²) in [7, 11) is 1.63. The summed E-state index contributed by atoms with van der Waals surface area (Å²) in [5.41, 5.74) is 4.82. The van der Waals surface area contributed by atoms with Gasteiger partial charge in [0.05, 0.1) is 0 Å². The third kappa shape index (κ3) is 4.37. The molecule has 0 radical (unpaired) electrons. The van der Waals surface area contributed by atoms with Gasteiger partial charge in [-0.1, -0.05) is 55.0 Å². The number of carbonyl (C=O) groups is 2. The maximum absolute atomic E-state index is 12.1. The summed E-state index contributed by atoms with van der Waals surface area (Å²) >= 11 is 0. The molecule has 0 fully saturated rings. The van der Waals surface area contributed by atoms with Gasteiger partial charge in [0.15, 0.2) is 0 Å². The lowest BCUT2D eigenvalue weighted by Gasteiger charge is -2.14. The van der Waals surface area contributed by atoms with E-state index in [1.165, 1.54) is 22.3 Å². The molecule has 3 rings (SSSR count). The van der Waals surface area contributed by atoms with E-state index in [1.807, 2.05) is 24.3 Å². The normalized spacial score (nSPS) is 13.7. The van der Waals surface area contributed by atoms with Crippen LogP contribution in [0.25, 0.3) is 11.1 Å². The predicted octanol–water partition coefficient (Wildman–Crippen LogP) is 3.58. The summed E-state index contributed by atoms with van der Waals surface area (Å²) in [5.74, 6) is -1.02. The predicted molar refractivity (Wildman–Crippen MR) is 104 cm³/mol. The Labute approximate surface area is 159 Å². The van der Waals surface area contributed by atoms with Crippen molar-refractivity contribution in [3.63, 3.8) is 0 Å². The smallest absolute Gasteiger partial charge is 0.320 e. The molecule has 0 aliphatic heterocycles. The Morgan fingerprint density at radius 1 is 1.04 bits per heavy atom. The third-order valence-electron chi connectivity index (χ3n) is 5.14. The van der Waals surface area contributed by atoms with Crippen molar-refractivity contribution < 1.29 is 19.4 Å². The number of benzene rings is 2. The molecule has 1 aliphatic rings. The number of hydrogen-bond acceptors (Lipinski definition) is 4. The van der Waals surface area contributed by atoms with E-state index < -0.39 is 12.0 Å². The van der Waals surface area contributed by atoms with Gasteiger partial charge in [0, 0.05) is 12.3 Å². The molecule has 1 atom stereocenters. The van der Waals surface area contributed by atoms with E-state index in [-0.39, 0.29) is 11.9 Å². The third-order valence-corrected chi connectivity index (χ3v) is 5.14. The van der Waals surface area contributed by atoms with Gasteiger partial charge >= 0.3 is 11.9 Å². The topological polar surface area (TPSA) is 75.6 Å². The molecular formula is C22H25NO4. The van der Waals surface area contributed by atoms with Gasteiger partial charge in [0.1, 0.15) is 12.6 Å². The number of carboxylic acids is 1. The Morgan fingerprint density at radius 3 is 2.19 bits per heavy atom. The van der Waals surface area contributed by atoms with Gasteiger partial charge in [-0.2, -0.15) is 0 Å². The maximum atomic E-state index is 12.1. The number of nitrogens with one attached hydrogen (secondary N) is 1. The molecule has 0 amide bonds. The van der Waals surface area contributed by atoms with Crippen molar-refractivity contribution in [1.82, 2.24) is 5.32 Å². The second kappa shape index (κ2) is 8.82. The molecule has 142 valence electrons. The van der Waals surface area contributed by atoms with Gasteiger partial charge in [-0.15, -0.1) is 0 Å². The molecule has 2 aromatic rings. The van der Waals surface area contributed by atoms with E-state index in [4.69, 9.17) is 9.84 Å². The number of carboxylic acid groups (broad SMARTS) is 1. The van der Waals surface area contributed by atoms with Gasteiger partial charge in [0.25, 0.3) is 0 Å². The standard InChI is InChI=1S/C22H25NO4/c1-23-20(22(25)26)12-6-7-13-21(24)27-14-19-17-10-4-2-8-15(17)16-9-3-5-11-18(16)19/h2-5,8-11,19-20,23H,6-7,12-14H2,1H3,(H,25,26). The zero-order chi connectivity index (χ0) is 19.2. The van der Waals surface area contributed by atoms with Crippen LogP contribution >= 0.6 is 0 Å². The van der Waals surface area contributed by atoms with Crippen molar-refractivity contribution in [1.29, 1.82) is 0 Å². The molecule has 1 aliphatic carbocycles. The average molecular weight is 367 g/mol. The number of rotatable bonds is 9. The first kappa shape index (κ1) is 19.1. The Bertz CT molecular complexity index is 772. The minimum absolute atomic E-state index is 0.0713. The summed E-state index contributed by atoms with van der Waals surface area (Å²) in [6, 6.07) is 15.9. The van der Waals surface area contributed by atoms with E-state index >= 15 is 0 Å². The number of ether oxygens (including phenoxy) is 1. The lowest BCUT2D eigenvalue weighted by Crippen LogP contribution is -2.33. The van der Waals surface area contributed by atoms with Crippen LogP contribution in [-0.4, -0.2) is 36.7 Å². The highest BCUT2D eigenvalue weighted by Gasteiger charge is 2.28. The molecule has 5 heteroatoms. The highest BCUT2D eigenvalue weighted by atomic mass is 16.5. The lowest BCUT2D eigenvalue weighted by molar-refractivity contribution is -0.144. The highest BCUT2D eigenvalue weighted by Crippen LogP contribution is 2.44. The Hall–Kier alpha value is -2.66. The van der Waals surface area contributed by atoms with Crippen LogP contribution in [0.1, 0.15) is 42.7 Å². The fourth-order valence-electron chi connectivity index (χ4n) is 3.70. The molecule has 2 N–H and O–H groups in total. The summed E-state index contributed by atoms with van der Waals surface area (Å²) in [6.45, 7) is 0.334. The lowest BCUT2D eigenvalue weighted by atomic mass is 9.98. The quantitative estimate of drug-likeness (QED) is 0.523. The number of esters is 1. The van der Waals surface area contributed by atoms with E-state index in [1.54, 1.807) is 7.05 Å². The number of hydrogen-bond donors (Lipinski definition) is 2. The van der Waals surface area contributed by atoms with Gasteiger partial charge < -0.3 is 15.2 Å². The first-order chi connectivity index (χ1) is 13.1. The number of carbonyl (C=O) groups excluding carboxylic acids is 1. The van der Waals surface area contributed by atoms with Crippen LogP contribution in [0.4, 0.5) is 0 Å². The second-order valence-electron chi connectivity index (χ2n) is 6.84. The number of unbranched alkanes of at least 4 members (excludes halogenated alkanes) is 1. The Kier molecular flexibility index (Phi) is 6.24. The van der Waals surface area contributed by atoms with E-state index in [0.717, 1.165) is 0 Å². The summed E-state index contributed by atoms with van der Waals surface area (Å²) in [6.07, 6.45) is 2.11. The van der Waals surface area contributed by atoms with Crippen molar-refractivity contribution in [3.05, 3.63) is 59.7 Å². The molecule has 0 saturated carbocycles. The van der Waals surface area contributed by atoms with Crippen molar-refractivity contribution in [2.45, 2.75) is 37.6 Å². The minimum Gasteiger partial charge on any atom is -0.480 e. The molecule has 0 spiro atoms. The molecule has 1 unspecified atom stereocenters. The molecule has 2 aromatic carbocycles. The van der Waals surface area contributed by atoms with Crippen LogP contribution in [0.2, 0.25) is 0 Å². The van der Waals surface area contributed by atoms with Crippen LogP contribution in [-0.2, 0) is 14.3 Å². The second-order valence-corrected chi connectivity index (χ2v) is 6.84. The summed E-state index contributed by atoms with van der Waals surface area (Å²) in [4.78, 5) is 23.1. The van der Waals surface area contributed by atoms with Crippen LogP contribution in [0.5, 0.6) is 0 Å². The van der Waals surface area contributed by atoms with Crippen LogP contribution < -0.4 is 5.32 Å². The van der Waals surface area contributed by atoms with Crippen LogP contribution in [0, 0.1) is 0 Å². The fraction of sp³-hybridized carbons (Fsp3) is 0.364. The maximum Gasteiger partial charge on any atom is 0.320 e. The first-order valence-corrected chi connectivity index (χ1v) is 9.35. The largest absolute Gasteiger partial charge is 0.480 e. The number of fused-ring (bicyclic) bond motifs is 3. The molecule has 5 nitrogen and oxygen atoms in total. The molecule has 0 heterocycles. The average Bonchev–Trinajstić information content (AvgIpc) is 3.00. The van der Waals surface area contributed by atoms with Crippen molar-refractivity contribution in [2.75, 3.05) is 13.7 Å². The van der Waals surface area contributed by atoms with Gasteiger partial charge in [-0.25, -0.2) is 0 Å². The summed E-state index contributed by atoms with van der Waals surface area (Å²) < 4.78 is 5.55. The number of aliphatic carboxylic acids is 1. The summed E-state index contributed by atoms with van der Waals surface area (Å²) in [5, 5.41) is 11.7. The molecule has 0 aromatic heterocycles. The number of likely N-dealkylation sites (N-methyl/N-ethyl adjacent to an activating group) is 1.